The zero-order valence-electron chi connectivity index (χ0n) is 19.7. The molecule has 0 unspecified atom stereocenters. The zero-order valence-corrected chi connectivity index (χ0v) is 19.7. The van der Waals surface area contributed by atoms with Crippen LogP contribution in [0.3, 0.4) is 0 Å². The van der Waals surface area contributed by atoms with Crippen LogP contribution in [-0.2, 0) is 19.1 Å². The third kappa shape index (κ3) is 3.40. The molecular formula is C26H36N2O4. The van der Waals surface area contributed by atoms with E-state index in [1.807, 2.05) is 0 Å². The molecule has 32 heavy (non-hydrogen) atoms. The number of ether oxygens (including phenoxy) is 1. The minimum atomic E-state index is -0.908. The summed E-state index contributed by atoms with van der Waals surface area (Å²) >= 11 is 0. The van der Waals surface area contributed by atoms with Crippen LogP contribution in [0.25, 0.3) is 0 Å². The van der Waals surface area contributed by atoms with E-state index in [-0.39, 0.29) is 40.5 Å². The number of hydrogen-bond donors (Lipinski definition) is 1. The number of amides is 1. The van der Waals surface area contributed by atoms with Gasteiger partial charge in [-0.15, -0.1) is 0 Å². The standard InChI is InChI=1S/C26H36N2O4/c1-14(29)23-19(20(13-27)24(28)31)12-22-18-6-5-16-11-17(32-15(2)30)7-9-25(16,3)21(18)8-10-26(22,23)4/h5,17-23H,6-12H2,1-4H3,(H2,28,31)/t17-,18+,19+,20+,21-,22-,23-,25-,26-/m0/s1. The van der Waals surface area contributed by atoms with Crippen molar-refractivity contribution >= 4 is 17.7 Å². The maximum absolute atomic E-state index is 12.8. The molecule has 0 spiro atoms. The van der Waals surface area contributed by atoms with Gasteiger partial charge in [-0.05, 0) is 80.0 Å². The molecule has 6 nitrogen and oxygen atoms in total. The molecule has 0 aromatic carbocycles. The minimum absolute atomic E-state index is 0.0258. The molecule has 6 heteroatoms. The van der Waals surface area contributed by atoms with Gasteiger partial charge in [-0.25, -0.2) is 0 Å². The van der Waals surface area contributed by atoms with Crippen LogP contribution in [0.1, 0.15) is 72.6 Å². The molecule has 0 aliphatic heterocycles. The number of Topliss-reactive ketones (excluding diaryl/α,β-unsaturated/α-hetero) is 1. The number of ketones is 1. The summed E-state index contributed by atoms with van der Waals surface area (Å²) in [5.41, 5.74) is 6.90. The van der Waals surface area contributed by atoms with Crippen molar-refractivity contribution in [2.75, 3.05) is 0 Å². The lowest BCUT2D eigenvalue weighted by atomic mass is 9.47. The summed E-state index contributed by atoms with van der Waals surface area (Å²) in [6.07, 6.45) is 8.71. The Balaban J connectivity index is 1.65. The molecule has 4 aliphatic carbocycles. The summed E-state index contributed by atoms with van der Waals surface area (Å²) in [4.78, 5) is 36.3. The second-order valence-electron chi connectivity index (χ2n) is 11.3. The number of fused-ring (bicyclic) bond motifs is 5. The SMILES string of the molecule is CC(=O)O[C@H]1CC[C@@]2(C)C(=CC[C@H]3[C@@H]4C[C@H]([C@@H](C#N)C(N)=O)[C@H](C(C)=O)[C@@]4(C)CC[C@@H]32)C1. The number of rotatable bonds is 4. The fraction of sp³-hybridized carbons (Fsp3) is 0.769. The van der Waals surface area contributed by atoms with E-state index in [0.717, 1.165) is 44.9 Å². The summed E-state index contributed by atoms with van der Waals surface area (Å²) in [5.74, 6) is -0.971. The number of nitrogens with zero attached hydrogens (tertiary/aromatic N) is 1. The molecule has 0 saturated heterocycles. The maximum Gasteiger partial charge on any atom is 0.302 e. The van der Waals surface area contributed by atoms with E-state index in [2.05, 4.69) is 26.0 Å². The van der Waals surface area contributed by atoms with E-state index in [1.54, 1.807) is 6.92 Å². The van der Waals surface area contributed by atoms with Crippen molar-refractivity contribution in [2.24, 2.45) is 52.1 Å². The average molecular weight is 441 g/mol. The smallest absolute Gasteiger partial charge is 0.302 e. The van der Waals surface area contributed by atoms with E-state index in [0.29, 0.717) is 17.8 Å². The van der Waals surface area contributed by atoms with Crippen molar-refractivity contribution in [2.45, 2.75) is 78.7 Å². The molecule has 4 rings (SSSR count). The molecule has 0 radical (unpaired) electrons. The minimum Gasteiger partial charge on any atom is -0.462 e. The van der Waals surface area contributed by atoms with Gasteiger partial charge in [-0.1, -0.05) is 25.5 Å². The largest absolute Gasteiger partial charge is 0.462 e. The highest BCUT2D eigenvalue weighted by Crippen LogP contribution is 2.68. The fourth-order valence-corrected chi connectivity index (χ4v) is 8.52. The number of nitriles is 1. The van der Waals surface area contributed by atoms with E-state index in [1.165, 1.54) is 12.5 Å². The zero-order chi connectivity index (χ0) is 23.4. The second-order valence-corrected chi connectivity index (χ2v) is 11.3. The first-order valence-corrected chi connectivity index (χ1v) is 12.1. The molecule has 0 heterocycles. The average Bonchev–Trinajstić information content (AvgIpc) is 3.01. The second kappa shape index (κ2) is 8.01. The first kappa shape index (κ1) is 23.0. The van der Waals surface area contributed by atoms with Gasteiger partial charge in [0.15, 0.2) is 0 Å². The molecule has 1 amide bonds. The number of carbonyl (C=O) groups is 3. The first-order valence-electron chi connectivity index (χ1n) is 12.1. The predicted molar refractivity (Wildman–Crippen MR) is 119 cm³/mol. The normalized spacial score (nSPS) is 43.5. The van der Waals surface area contributed by atoms with Gasteiger partial charge in [-0.2, -0.15) is 5.26 Å². The number of primary amides is 1. The lowest BCUT2D eigenvalue weighted by molar-refractivity contribution is -0.149. The Morgan fingerprint density at radius 1 is 1.19 bits per heavy atom. The van der Waals surface area contributed by atoms with E-state index >= 15 is 0 Å². The Labute approximate surface area is 190 Å². The fourth-order valence-electron chi connectivity index (χ4n) is 8.52. The van der Waals surface area contributed by atoms with Gasteiger partial charge in [0, 0.05) is 19.3 Å². The molecule has 4 aliphatic rings. The third-order valence-electron chi connectivity index (χ3n) is 9.81. The van der Waals surface area contributed by atoms with Crippen LogP contribution < -0.4 is 5.73 Å². The van der Waals surface area contributed by atoms with Crippen molar-refractivity contribution in [3.05, 3.63) is 11.6 Å². The lowest BCUT2D eigenvalue weighted by Crippen LogP contribution is -2.51. The lowest BCUT2D eigenvalue weighted by Gasteiger charge is -2.58. The van der Waals surface area contributed by atoms with Gasteiger partial charge in [-0.3, -0.25) is 14.4 Å². The van der Waals surface area contributed by atoms with Crippen LogP contribution in [0, 0.1) is 57.7 Å². The van der Waals surface area contributed by atoms with Crippen molar-refractivity contribution in [1.82, 2.24) is 0 Å². The highest BCUT2D eigenvalue weighted by atomic mass is 16.5. The van der Waals surface area contributed by atoms with Crippen LogP contribution in [0.15, 0.2) is 11.6 Å². The Hall–Kier alpha value is -2.16. The highest BCUT2D eigenvalue weighted by Gasteiger charge is 2.63. The Morgan fingerprint density at radius 3 is 2.50 bits per heavy atom. The summed E-state index contributed by atoms with van der Waals surface area (Å²) in [7, 11) is 0. The molecule has 0 bridgehead atoms. The molecule has 3 fully saturated rings. The third-order valence-corrected chi connectivity index (χ3v) is 9.81. The molecule has 2 N–H and O–H groups in total. The van der Waals surface area contributed by atoms with Gasteiger partial charge in [0.2, 0.25) is 5.91 Å². The monoisotopic (exact) mass is 440 g/mol. The van der Waals surface area contributed by atoms with Crippen LogP contribution in [0.5, 0.6) is 0 Å². The summed E-state index contributed by atoms with van der Waals surface area (Å²) in [5, 5.41) is 9.68. The number of esters is 1. The predicted octanol–water partition coefficient (Wildman–Crippen LogP) is 3.94. The summed E-state index contributed by atoms with van der Waals surface area (Å²) in [6, 6.07) is 2.12. The number of carbonyl (C=O) groups excluding carboxylic acids is 3. The summed E-state index contributed by atoms with van der Waals surface area (Å²) in [6.45, 7) is 7.68. The molecule has 3 saturated carbocycles. The Bertz CT molecular complexity index is 904. The van der Waals surface area contributed by atoms with Gasteiger partial charge in [0.05, 0.1) is 6.07 Å². The Kier molecular flexibility index (Phi) is 5.76. The van der Waals surface area contributed by atoms with Gasteiger partial charge in [0.1, 0.15) is 17.8 Å². The van der Waals surface area contributed by atoms with Crippen molar-refractivity contribution < 1.29 is 19.1 Å². The molecule has 174 valence electrons. The summed E-state index contributed by atoms with van der Waals surface area (Å²) < 4.78 is 5.53. The van der Waals surface area contributed by atoms with Gasteiger partial charge in [0.25, 0.3) is 0 Å². The van der Waals surface area contributed by atoms with Crippen LogP contribution in [-0.4, -0.2) is 23.8 Å². The van der Waals surface area contributed by atoms with E-state index in [9.17, 15) is 19.6 Å². The van der Waals surface area contributed by atoms with Crippen LogP contribution in [0.4, 0.5) is 0 Å². The van der Waals surface area contributed by atoms with Crippen molar-refractivity contribution in [1.29, 1.82) is 5.26 Å². The quantitative estimate of drug-likeness (QED) is 0.526. The topological polar surface area (TPSA) is 110 Å². The van der Waals surface area contributed by atoms with E-state index < -0.39 is 11.8 Å². The van der Waals surface area contributed by atoms with E-state index in [4.69, 9.17) is 10.5 Å². The molecule has 9 atom stereocenters. The number of nitrogens with two attached hydrogens (primary N) is 1. The van der Waals surface area contributed by atoms with Gasteiger partial charge < -0.3 is 10.5 Å². The highest BCUT2D eigenvalue weighted by molar-refractivity contribution is 5.84. The maximum atomic E-state index is 12.8. The number of hydrogen-bond acceptors (Lipinski definition) is 5. The first-order chi connectivity index (χ1) is 15.0. The number of allylic oxidation sites excluding steroid dienone is 1. The van der Waals surface area contributed by atoms with Crippen molar-refractivity contribution in [3.8, 4) is 6.07 Å². The van der Waals surface area contributed by atoms with Crippen molar-refractivity contribution in [3.63, 3.8) is 0 Å². The van der Waals surface area contributed by atoms with Crippen LogP contribution in [0.2, 0.25) is 0 Å². The molecule has 0 aromatic heterocycles. The molecule has 0 aromatic rings. The molecular weight excluding hydrogens is 404 g/mol. The van der Waals surface area contributed by atoms with Crippen LogP contribution >= 0.6 is 0 Å². The van der Waals surface area contributed by atoms with Gasteiger partial charge >= 0.3 is 5.97 Å². The Morgan fingerprint density at radius 2 is 1.91 bits per heavy atom.